The molecule has 1 atom stereocenters. The number of halogens is 3. The molecule has 6 heteroatoms. The van der Waals surface area contributed by atoms with E-state index in [0.29, 0.717) is 5.56 Å². The van der Waals surface area contributed by atoms with E-state index >= 15 is 0 Å². The van der Waals surface area contributed by atoms with Crippen molar-refractivity contribution in [2.75, 3.05) is 26.2 Å². The Morgan fingerprint density at radius 2 is 2.00 bits per heavy atom. The molecule has 0 amide bonds. The van der Waals surface area contributed by atoms with Crippen molar-refractivity contribution in [2.45, 2.75) is 25.8 Å². The Labute approximate surface area is 126 Å². The summed E-state index contributed by atoms with van der Waals surface area (Å²) in [7, 11) is 0. The lowest BCUT2D eigenvalue weighted by Gasteiger charge is -2.35. The SMILES string of the molecule is CCC[C@H](c1cc(Br)c(F)c(F)c1O)N1CCNCC1. The van der Waals surface area contributed by atoms with Gasteiger partial charge in [-0.1, -0.05) is 13.3 Å². The van der Waals surface area contributed by atoms with E-state index in [1.54, 1.807) is 0 Å². The molecule has 1 saturated heterocycles. The van der Waals surface area contributed by atoms with E-state index in [1.807, 2.05) is 6.92 Å². The van der Waals surface area contributed by atoms with Crippen molar-refractivity contribution in [3.05, 3.63) is 27.7 Å². The molecule has 0 saturated carbocycles. The van der Waals surface area contributed by atoms with E-state index in [4.69, 9.17) is 0 Å². The van der Waals surface area contributed by atoms with Crippen molar-refractivity contribution >= 4 is 15.9 Å². The summed E-state index contributed by atoms with van der Waals surface area (Å²) in [6, 6.07) is 1.41. The fourth-order valence-corrected chi connectivity index (χ4v) is 3.08. The Balaban J connectivity index is 2.38. The Hall–Kier alpha value is -0.720. The molecule has 1 aliphatic rings. The number of nitrogens with zero attached hydrogens (tertiary/aromatic N) is 1. The predicted octanol–water partition coefficient (Wildman–Crippen LogP) is 3.18. The Morgan fingerprint density at radius 1 is 1.35 bits per heavy atom. The first-order chi connectivity index (χ1) is 9.56. The van der Waals surface area contributed by atoms with Crippen LogP contribution in [0, 0.1) is 11.6 Å². The van der Waals surface area contributed by atoms with E-state index in [-0.39, 0.29) is 10.5 Å². The molecule has 1 heterocycles. The normalized spacial score (nSPS) is 18.2. The fraction of sp³-hybridized carbons (Fsp3) is 0.571. The zero-order valence-corrected chi connectivity index (χ0v) is 13.0. The van der Waals surface area contributed by atoms with Gasteiger partial charge < -0.3 is 10.4 Å². The van der Waals surface area contributed by atoms with E-state index in [9.17, 15) is 13.9 Å². The molecule has 1 aliphatic heterocycles. The third kappa shape index (κ3) is 3.13. The molecule has 2 N–H and O–H groups in total. The van der Waals surface area contributed by atoms with Gasteiger partial charge in [0.05, 0.1) is 4.47 Å². The minimum absolute atomic E-state index is 0.0547. The van der Waals surface area contributed by atoms with Crippen molar-refractivity contribution in [3.8, 4) is 5.75 Å². The van der Waals surface area contributed by atoms with E-state index < -0.39 is 17.4 Å². The lowest BCUT2D eigenvalue weighted by atomic mass is 9.98. The first kappa shape index (κ1) is 15.7. The summed E-state index contributed by atoms with van der Waals surface area (Å²) in [5, 5.41) is 13.2. The summed E-state index contributed by atoms with van der Waals surface area (Å²) >= 11 is 3.02. The van der Waals surface area contributed by atoms with E-state index in [2.05, 4.69) is 26.1 Å². The highest BCUT2D eigenvalue weighted by Gasteiger charge is 2.27. The monoisotopic (exact) mass is 348 g/mol. The van der Waals surface area contributed by atoms with Gasteiger partial charge in [-0.3, -0.25) is 4.90 Å². The second kappa shape index (κ2) is 6.83. The van der Waals surface area contributed by atoms with Crippen LogP contribution >= 0.6 is 15.9 Å². The zero-order valence-electron chi connectivity index (χ0n) is 11.4. The highest BCUT2D eigenvalue weighted by molar-refractivity contribution is 9.10. The maximum absolute atomic E-state index is 13.7. The third-order valence-corrected chi connectivity index (χ3v) is 4.26. The van der Waals surface area contributed by atoms with Crippen molar-refractivity contribution < 1.29 is 13.9 Å². The number of hydrogen-bond acceptors (Lipinski definition) is 3. The quantitative estimate of drug-likeness (QED) is 0.820. The van der Waals surface area contributed by atoms with Crippen LogP contribution in [-0.2, 0) is 0 Å². The zero-order chi connectivity index (χ0) is 14.7. The average Bonchev–Trinajstić information content (AvgIpc) is 2.47. The van der Waals surface area contributed by atoms with Crippen molar-refractivity contribution in [3.63, 3.8) is 0 Å². The first-order valence-corrected chi connectivity index (χ1v) is 7.66. The number of phenolic OH excluding ortho intramolecular Hbond substituents is 1. The second-order valence-corrected chi connectivity index (χ2v) is 5.87. The van der Waals surface area contributed by atoms with E-state index in [1.165, 1.54) is 6.07 Å². The van der Waals surface area contributed by atoms with Crippen molar-refractivity contribution in [1.82, 2.24) is 10.2 Å². The van der Waals surface area contributed by atoms with Crippen LogP contribution in [0.2, 0.25) is 0 Å². The lowest BCUT2D eigenvalue weighted by molar-refractivity contribution is 0.161. The van der Waals surface area contributed by atoms with Gasteiger partial charge in [0.1, 0.15) is 0 Å². The molecule has 1 aromatic carbocycles. The molecule has 3 nitrogen and oxygen atoms in total. The van der Waals surface area contributed by atoms with Crippen LogP contribution < -0.4 is 5.32 Å². The Morgan fingerprint density at radius 3 is 2.60 bits per heavy atom. The van der Waals surface area contributed by atoms with Crippen LogP contribution in [0.15, 0.2) is 10.5 Å². The number of rotatable bonds is 4. The maximum Gasteiger partial charge on any atom is 0.201 e. The van der Waals surface area contributed by atoms with Crippen molar-refractivity contribution in [1.29, 1.82) is 0 Å². The van der Waals surface area contributed by atoms with Crippen LogP contribution in [0.3, 0.4) is 0 Å². The van der Waals surface area contributed by atoms with Crippen LogP contribution in [0.5, 0.6) is 5.75 Å². The van der Waals surface area contributed by atoms with Crippen molar-refractivity contribution in [2.24, 2.45) is 0 Å². The van der Waals surface area contributed by atoms with Crippen LogP contribution in [0.25, 0.3) is 0 Å². The molecule has 112 valence electrons. The lowest BCUT2D eigenvalue weighted by Crippen LogP contribution is -2.45. The molecule has 1 aromatic rings. The van der Waals surface area contributed by atoms with Gasteiger partial charge in [0, 0.05) is 37.8 Å². The number of phenols is 1. The molecule has 20 heavy (non-hydrogen) atoms. The van der Waals surface area contributed by atoms with Gasteiger partial charge in [-0.25, -0.2) is 4.39 Å². The Bertz CT molecular complexity index is 479. The van der Waals surface area contributed by atoms with Gasteiger partial charge >= 0.3 is 0 Å². The summed E-state index contributed by atoms with van der Waals surface area (Å²) in [6.07, 6.45) is 1.70. The van der Waals surface area contributed by atoms with Gasteiger partial charge in [0.2, 0.25) is 5.82 Å². The number of hydrogen-bond donors (Lipinski definition) is 2. The molecule has 2 rings (SSSR count). The topological polar surface area (TPSA) is 35.5 Å². The molecular weight excluding hydrogens is 330 g/mol. The average molecular weight is 349 g/mol. The summed E-state index contributed by atoms with van der Waals surface area (Å²) in [5.74, 6) is -2.78. The summed E-state index contributed by atoms with van der Waals surface area (Å²) in [5.41, 5.74) is 0.458. The van der Waals surface area contributed by atoms with Crippen LogP contribution in [0.1, 0.15) is 31.4 Å². The summed E-state index contributed by atoms with van der Waals surface area (Å²) < 4.78 is 27.2. The smallest absolute Gasteiger partial charge is 0.201 e. The molecular formula is C14H19BrF2N2O. The minimum atomic E-state index is -1.18. The summed E-state index contributed by atoms with van der Waals surface area (Å²) in [4.78, 5) is 2.21. The molecule has 0 spiro atoms. The Kier molecular flexibility index (Phi) is 5.35. The van der Waals surface area contributed by atoms with Gasteiger partial charge in [-0.05, 0) is 28.4 Å². The number of nitrogens with one attached hydrogen (secondary N) is 1. The minimum Gasteiger partial charge on any atom is -0.505 e. The molecule has 0 aromatic heterocycles. The molecule has 0 aliphatic carbocycles. The van der Waals surface area contributed by atoms with E-state index in [0.717, 1.165) is 39.0 Å². The second-order valence-electron chi connectivity index (χ2n) is 5.01. The number of piperazine rings is 1. The highest BCUT2D eigenvalue weighted by Crippen LogP contribution is 2.37. The predicted molar refractivity (Wildman–Crippen MR) is 77.8 cm³/mol. The maximum atomic E-state index is 13.7. The van der Waals surface area contributed by atoms with Gasteiger partial charge in [-0.15, -0.1) is 0 Å². The van der Waals surface area contributed by atoms with Gasteiger partial charge in [0.15, 0.2) is 11.6 Å². The van der Waals surface area contributed by atoms with Crippen LogP contribution in [-0.4, -0.2) is 36.2 Å². The largest absolute Gasteiger partial charge is 0.505 e. The van der Waals surface area contributed by atoms with Crippen LogP contribution in [0.4, 0.5) is 8.78 Å². The molecule has 1 fully saturated rings. The third-order valence-electron chi connectivity index (χ3n) is 3.68. The standard InChI is InChI=1S/C14H19BrF2N2O/c1-2-3-11(19-6-4-18-5-7-19)9-8-10(15)12(16)13(17)14(9)20/h8,11,18,20H,2-7H2,1H3/t11-/m1/s1. The summed E-state index contributed by atoms with van der Waals surface area (Å²) in [6.45, 7) is 5.44. The fourth-order valence-electron chi connectivity index (χ4n) is 2.66. The number of benzene rings is 1. The number of aromatic hydroxyl groups is 1. The van der Waals surface area contributed by atoms with Gasteiger partial charge in [0.25, 0.3) is 0 Å². The molecule has 0 bridgehead atoms. The highest BCUT2D eigenvalue weighted by atomic mass is 79.9. The first-order valence-electron chi connectivity index (χ1n) is 6.87. The molecule has 0 unspecified atom stereocenters. The molecule has 0 radical (unpaired) electrons. The van der Waals surface area contributed by atoms with Gasteiger partial charge in [-0.2, -0.15) is 4.39 Å².